The molecule has 0 aromatic rings. The third kappa shape index (κ3) is 8.52. The van der Waals surface area contributed by atoms with E-state index in [1.54, 1.807) is 19.9 Å². The van der Waals surface area contributed by atoms with Gasteiger partial charge in [-0.1, -0.05) is 52.8 Å². The Morgan fingerprint density at radius 2 is 1.73 bits per heavy atom. The predicted octanol–water partition coefficient (Wildman–Crippen LogP) is 4.75. The number of carbonyl (C=O) groups excluding carboxylic acids is 1. The van der Waals surface area contributed by atoms with Gasteiger partial charge in [-0.05, 0) is 37.1 Å². The van der Waals surface area contributed by atoms with Crippen molar-refractivity contribution in [2.24, 2.45) is 11.3 Å². The van der Waals surface area contributed by atoms with E-state index in [0.717, 1.165) is 0 Å². The van der Waals surface area contributed by atoms with Crippen molar-refractivity contribution in [1.82, 2.24) is 10.6 Å². The first kappa shape index (κ1) is 26.4. The van der Waals surface area contributed by atoms with Gasteiger partial charge in [0.1, 0.15) is 6.04 Å². The highest BCUT2D eigenvalue weighted by Gasteiger charge is 2.42. The normalized spacial score (nSPS) is 13.8. The van der Waals surface area contributed by atoms with E-state index in [4.69, 9.17) is 12.2 Å². The van der Waals surface area contributed by atoms with E-state index in [1.165, 1.54) is 19.1 Å². The molecule has 1 unspecified atom stereocenters. The van der Waals surface area contributed by atoms with Gasteiger partial charge in [-0.15, -0.1) is 12.8 Å². The van der Waals surface area contributed by atoms with Gasteiger partial charge in [0.15, 0.2) is 5.11 Å². The SMILES string of the molecule is C#C.C/C=C(\C=C/CC)C(NC(=S)NC(=O)C(C)(C)C(C)C)C(F)(F)F. The number of amides is 1. The Kier molecular flexibility index (Phi) is 11.9. The Hall–Kier alpha value is -1.81. The Morgan fingerprint density at radius 1 is 1.23 bits per heavy atom. The average Bonchev–Trinajstić information content (AvgIpc) is 2.54. The minimum absolute atomic E-state index is 0.0114. The summed E-state index contributed by atoms with van der Waals surface area (Å²) in [7, 11) is 0. The molecule has 7 heteroatoms. The number of allylic oxidation sites excluding steroid dienone is 2. The van der Waals surface area contributed by atoms with Crippen LogP contribution in [-0.4, -0.2) is 23.2 Å². The number of carbonyl (C=O) groups is 1. The van der Waals surface area contributed by atoms with Gasteiger partial charge in [0, 0.05) is 5.41 Å². The van der Waals surface area contributed by atoms with E-state index in [9.17, 15) is 18.0 Å². The fourth-order valence-corrected chi connectivity index (χ4v) is 1.87. The number of hydrogen-bond donors (Lipinski definition) is 2. The van der Waals surface area contributed by atoms with Crippen molar-refractivity contribution in [1.29, 1.82) is 0 Å². The van der Waals surface area contributed by atoms with Crippen LogP contribution in [0.1, 0.15) is 48.0 Å². The van der Waals surface area contributed by atoms with E-state index in [0.29, 0.717) is 6.42 Å². The van der Waals surface area contributed by atoms with Crippen LogP contribution < -0.4 is 10.6 Å². The maximum absolute atomic E-state index is 13.3. The van der Waals surface area contributed by atoms with Crippen molar-refractivity contribution < 1.29 is 18.0 Å². The first-order valence-corrected chi connectivity index (χ1v) is 8.63. The van der Waals surface area contributed by atoms with Gasteiger partial charge in [0.25, 0.3) is 0 Å². The van der Waals surface area contributed by atoms with E-state index < -0.39 is 23.5 Å². The number of rotatable bonds is 6. The van der Waals surface area contributed by atoms with Gasteiger partial charge >= 0.3 is 6.18 Å². The smallest absolute Gasteiger partial charge is 0.347 e. The van der Waals surface area contributed by atoms with Gasteiger partial charge < -0.3 is 10.6 Å². The quantitative estimate of drug-likeness (QED) is 0.391. The summed E-state index contributed by atoms with van der Waals surface area (Å²) >= 11 is 4.92. The molecule has 0 heterocycles. The fraction of sp³-hybridized carbons (Fsp3) is 0.579. The molecule has 148 valence electrons. The Labute approximate surface area is 160 Å². The van der Waals surface area contributed by atoms with Crippen molar-refractivity contribution in [3.05, 3.63) is 23.8 Å². The van der Waals surface area contributed by atoms with Crippen molar-refractivity contribution >= 4 is 23.2 Å². The van der Waals surface area contributed by atoms with Crippen LogP contribution in [0.25, 0.3) is 0 Å². The molecule has 2 N–H and O–H groups in total. The van der Waals surface area contributed by atoms with Crippen molar-refractivity contribution in [3.63, 3.8) is 0 Å². The van der Waals surface area contributed by atoms with E-state index in [2.05, 4.69) is 23.5 Å². The van der Waals surface area contributed by atoms with Crippen LogP contribution in [0, 0.1) is 24.2 Å². The molecule has 0 saturated heterocycles. The monoisotopic (exact) mass is 390 g/mol. The maximum Gasteiger partial charge on any atom is 0.412 e. The summed E-state index contributed by atoms with van der Waals surface area (Å²) in [6.45, 7) is 10.5. The highest BCUT2D eigenvalue weighted by Crippen LogP contribution is 2.27. The molecule has 0 spiro atoms. The van der Waals surface area contributed by atoms with E-state index >= 15 is 0 Å². The van der Waals surface area contributed by atoms with Gasteiger partial charge in [-0.25, -0.2) is 0 Å². The summed E-state index contributed by atoms with van der Waals surface area (Å²) in [6.07, 6.45) is 8.50. The zero-order valence-electron chi connectivity index (χ0n) is 16.2. The number of thiocarbonyl (C=S) groups is 1. The standard InChI is InChI=1S/C17H27F3N2OS.C2H2/c1-7-9-10-12(8-2)13(17(18,19)20)21-15(24)22-14(23)16(5,6)11(3)4;1-2/h8-11,13H,7H2,1-6H3,(H2,21,22,23,24);1-2H/b10-9-,12-8+;. The highest BCUT2D eigenvalue weighted by molar-refractivity contribution is 7.80. The van der Waals surface area contributed by atoms with Gasteiger partial charge in [-0.2, -0.15) is 13.2 Å². The van der Waals surface area contributed by atoms with Crippen molar-refractivity contribution in [2.45, 2.75) is 60.2 Å². The van der Waals surface area contributed by atoms with Gasteiger partial charge in [-0.3, -0.25) is 4.79 Å². The molecule has 1 amide bonds. The molecule has 0 bridgehead atoms. The first-order chi connectivity index (χ1) is 11.9. The minimum Gasteiger partial charge on any atom is -0.347 e. The predicted molar refractivity (Wildman–Crippen MR) is 105 cm³/mol. The number of hydrogen-bond acceptors (Lipinski definition) is 2. The lowest BCUT2D eigenvalue weighted by atomic mass is 9.80. The highest BCUT2D eigenvalue weighted by atomic mass is 32.1. The zero-order chi connectivity index (χ0) is 21.1. The third-order valence-corrected chi connectivity index (χ3v) is 4.29. The average molecular weight is 391 g/mol. The molecule has 0 aromatic heterocycles. The molecule has 3 nitrogen and oxygen atoms in total. The van der Waals surface area contributed by atoms with Crippen molar-refractivity contribution in [2.75, 3.05) is 0 Å². The van der Waals surface area contributed by atoms with Gasteiger partial charge in [0.2, 0.25) is 5.91 Å². The largest absolute Gasteiger partial charge is 0.412 e. The Bertz CT molecular complexity index is 547. The van der Waals surface area contributed by atoms with E-state index in [1.807, 2.05) is 20.8 Å². The molecular formula is C19H29F3N2OS. The molecule has 26 heavy (non-hydrogen) atoms. The molecule has 0 rings (SSSR count). The lowest BCUT2D eigenvalue weighted by Gasteiger charge is -2.29. The molecule has 0 aliphatic carbocycles. The molecule has 0 aliphatic rings. The summed E-state index contributed by atoms with van der Waals surface area (Å²) in [5, 5.41) is 4.25. The lowest BCUT2D eigenvalue weighted by Crippen LogP contribution is -2.53. The number of nitrogens with one attached hydrogen (secondary N) is 2. The van der Waals surface area contributed by atoms with Crippen LogP contribution >= 0.6 is 12.2 Å². The second-order valence-corrected chi connectivity index (χ2v) is 6.79. The molecule has 1 atom stereocenters. The molecule has 0 saturated carbocycles. The zero-order valence-corrected chi connectivity index (χ0v) is 17.0. The van der Waals surface area contributed by atoms with Crippen LogP contribution in [0.3, 0.4) is 0 Å². The van der Waals surface area contributed by atoms with Crippen LogP contribution in [0.4, 0.5) is 13.2 Å². The summed E-state index contributed by atoms with van der Waals surface area (Å²) in [5.41, 5.74) is -0.700. The molecule has 0 aromatic carbocycles. The second-order valence-electron chi connectivity index (χ2n) is 6.38. The number of alkyl halides is 3. The maximum atomic E-state index is 13.3. The lowest BCUT2D eigenvalue weighted by molar-refractivity contribution is -0.143. The van der Waals surface area contributed by atoms with Crippen LogP contribution in [0.2, 0.25) is 0 Å². The summed E-state index contributed by atoms with van der Waals surface area (Å²) in [4.78, 5) is 12.2. The van der Waals surface area contributed by atoms with Crippen molar-refractivity contribution in [3.8, 4) is 12.8 Å². The molecule has 0 aliphatic heterocycles. The number of halogens is 3. The van der Waals surface area contributed by atoms with E-state index in [-0.39, 0.29) is 16.6 Å². The molecule has 0 radical (unpaired) electrons. The molecule has 0 fully saturated rings. The summed E-state index contributed by atoms with van der Waals surface area (Å²) < 4.78 is 40.0. The minimum atomic E-state index is -4.54. The second kappa shape index (κ2) is 11.7. The Morgan fingerprint density at radius 3 is 2.08 bits per heavy atom. The van der Waals surface area contributed by atoms with Crippen LogP contribution in [0.15, 0.2) is 23.8 Å². The number of terminal acetylenes is 1. The summed E-state index contributed by atoms with van der Waals surface area (Å²) in [5.74, 6) is -0.403. The van der Waals surface area contributed by atoms with Crippen LogP contribution in [-0.2, 0) is 4.79 Å². The molecular weight excluding hydrogens is 361 g/mol. The topological polar surface area (TPSA) is 41.1 Å². The van der Waals surface area contributed by atoms with Crippen LogP contribution in [0.5, 0.6) is 0 Å². The van der Waals surface area contributed by atoms with Gasteiger partial charge in [0.05, 0.1) is 0 Å². The Balaban J connectivity index is 0. The third-order valence-electron chi connectivity index (χ3n) is 4.07. The fourth-order valence-electron chi connectivity index (χ4n) is 1.66. The first-order valence-electron chi connectivity index (χ1n) is 8.22. The summed E-state index contributed by atoms with van der Waals surface area (Å²) in [6, 6.07) is -1.97.